The molecule has 2 aromatic heterocycles. The van der Waals surface area contributed by atoms with Gasteiger partial charge in [0.2, 0.25) is 5.91 Å². The van der Waals surface area contributed by atoms with Gasteiger partial charge in [-0.3, -0.25) is 14.0 Å². The monoisotopic (exact) mass is 411 g/mol. The molecule has 0 spiro atoms. The van der Waals surface area contributed by atoms with Crippen LogP contribution in [-0.2, 0) is 16.1 Å². The van der Waals surface area contributed by atoms with E-state index in [2.05, 4.69) is 4.98 Å². The van der Waals surface area contributed by atoms with Gasteiger partial charge in [-0.05, 0) is 43.7 Å². The lowest BCUT2D eigenvalue weighted by Gasteiger charge is -2.18. The standard InChI is InChI=1S/C21H18ClN3O4/c1-13-4-2-5-18-23-15(11-20(27)25(13)18)12-29-21(28)14-7-8-16(22)17(10-14)24-9-3-6-19(24)26/h2,4-5,7-8,10-11H,3,6,9,12H2,1H3. The van der Waals surface area contributed by atoms with Crippen molar-refractivity contribution < 1.29 is 14.3 Å². The highest BCUT2D eigenvalue weighted by Gasteiger charge is 2.24. The van der Waals surface area contributed by atoms with Crippen LogP contribution in [0.15, 0.2) is 47.3 Å². The average molecular weight is 412 g/mol. The van der Waals surface area contributed by atoms with Crippen molar-refractivity contribution >= 4 is 34.8 Å². The summed E-state index contributed by atoms with van der Waals surface area (Å²) >= 11 is 6.21. The molecule has 0 saturated carbocycles. The van der Waals surface area contributed by atoms with Crippen LogP contribution in [0.25, 0.3) is 5.65 Å². The molecule has 1 aliphatic rings. The molecule has 0 radical (unpaired) electrons. The van der Waals surface area contributed by atoms with Gasteiger partial charge in [0.1, 0.15) is 12.3 Å². The van der Waals surface area contributed by atoms with E-state index in [0.717, 1.165) is 12.1 Å². The van der Waals surface area contributed by atoms with Crippen LogP contribution in [0.5, 0.6) is 0 Å². The van der Waals surface area contributed by atoms with E-state index in [1.54, 1.807) is 29.2 Å². The number of hydrogen-bond donors (Lipinski definition) is 0. The second-order valence-electron chi connectivity index (χ2n) is 6.84. The van der Waals surface area contributed by atoms with Gasteiger partial charge in [-0.15, -0.1) is 0 Å². The van der Waals surface area contributed by atoms with E-state index in [1.165, 1.54) is 10.5 Å². The highest BCUT2D eigenvalue weighted by molar-refractivity contribution is 6.34. The molecule has 1 amide bonds. The Morgan fingerprint density at radius 3 is 2.79 bits per heavy atom. The molecule has 148 valence electrons. The van der Waals surface area contributed by atoms with E-state index in [9.17, 15) is 14.4 Å². The normalized spacial score (nSPS) is 13.9. The van der Waals surface area contributed by atoms with Gasteiger partial charge < -0.3 is 9.64 Å². The fraction of sp³-hybridized carbons (Fsp3) is 0.238. The van der Waals surface area contributed by atoms with Crippen molar-refractivity contribution in [2.45, 2.75) is 26.4 Å². The SMILES string of the molecule is Cc1cccc2nc(COC(=O)c3ccc(Cl)c(N4CCCC4=O)c3)cc(=O)n12. The molecule has 4 rings (SSSR count). The molecule has 1 aromatic carbocycles. The summed E-state index contributed by atoms with van der Waals surface area (Å²) in [5.41, 5.74) is 2.16. The lowest BCUT2D eigenvalue weighted by molar-refractivity contribution is -0.117. The second-order valence-corrected chi connectivity index (χ2v) is 7.24. The first-order chi connectivity index (χ1) is 13.9. The predicted molar refractivity (Wildman–Crippen MR) is 108 cm³/mol. The van der Waals surface area contributed by atoms with E-state index in [4.69, 9.17) is 16.3 Å². The number of pyridine rings is 1. The number of carbonyl (C=O) groups excluding carboxylic acids is 2. The minimum atomic E-state index is -0.583. The van der Waals surface area contributed by atoms with Crippen LogP contribution in [0.3, 0.4) is 0 Å². The molecule has 1 aliphatic heterocycles. The van der Waals surface area contributed by atoms with E-state index in [1.807, 2.05) is 19.1 Å². The first-order valence-electron chi connectivity index (χ1n) is 9.19. The van der Waals surface area contributed by atoms with Crippen LogP contribution in [-0.4, -0.2) is 27.8 Å². The summed E-state index contributed by atoms with van der Waals surface area (Å²) in [5.74, 6) is -0.602. The summed E-state index contributed by atoms with van der Waals surface area (Å²) in [4.78, 5) is 42.8. The van der Waals surface area contributed by atoms with Crippen molar-refractivity contribution in [2.75, 3.05) is 11.4 Å². The zero-order valence-corrected chi connectivity index (χ0v) is 16.5. The number of amides is 1. The minimum Gasteiger partial charge on any atom is -0.456 e. The number of rotatable bonds is 4. The van der Waals surface area contributed by atoms with Crippen LogP contribution in [0.2, 0.25) is 5.02 Å². The third-order valence-corrected chi connectivity index (χ3v) is 5.15. The van der Waals surface area contributed by atoms with E-state index >= 15 is 0 Å². The highest BCUT2D eigenvalue weighted by Crippen LogP contribution is 2.30. The van der Waals surface area contributed by atoms with Gasteiger partial charge in [0.05, 0.1) is 22.0 Å². The number of ether oxygens (including phenoxy) is 1. The van der Waals surface area contributed by atoms with Gasteiger partial charge in [-0.25, -0.2) is 9.78 Å². The molecule has 29 heavy (non-hydrogen) atoms. The quantitative estimate of drug-likeness (QED) is 0.616. The van der Waals surface area contributed by atoms with Crippen LogP contribution < -0.4 is 10.5 Å². The van der Waals surface area contributed by atoms with E-state index in [-0.39, 0.29) is 23.6 Å². The third kappa shape index (κ3) is 3.73. The van der Waals surface area contributed by atoms with E-state index in [0.29, 0.717) is 35.0 Å². The van der Waals surface area contributed by atoms with Gasteiger partial charge in [0.25, 0.3) is 5.56 Å². The zero-order valence-electron chi connectivity index (χ0n) is 15.7. The lowest BCUT2D eigenvalue weighted by atomic mass is 10.2. The maximum atomic E-state index is 12.5. The smallest absolute Gasteiger partial charge is 0.338 e. The molecule has 0 unspecified atom stereocenters. The fourth-order valence-electron chi connectivity index (χ4n) is 3.41. The van der Waals surface area contributed by atoms with Crippen molar-refractivity contribution in [1.29, 1.82) is 0 Å². The Labute approximate surface area is 171 Å². The Morgan fingerprint density at radius 2 is 2.03 bits per heavy atom. The second kappa shape index (κ2) is 7.67. The van der Waals surface area contributed by atoms with Gasteiger partial charge >= 0.3 is 5.97 Å². The number of esters is 1. The zero-order chi connectivity index (χ0) is 20.5. The summed E-state index contributed by atoms with van der Waals surface area (Å²) in [6, 6.07) is 11.4. The molecule has 1 fully saturated rings. The minimum absolute atomic E-state index is 0.0199. The van der Waals surface area contributed by atoms with Gasteiger partial charge in [0.15, 0.2) is 0 Å². The lowest BCUT2D eigenvalue weighted by Crippen LogP contribution is -2.24. The molecule has 8 heteroatoms. The Kier molecular flexibility index (Phi) is 5.07. The van der Waals surface area contributed by atoms with Crippen molar-refractivity contribution in [3.8, 4) is 0 Å². The van der Waals surface area contributed by atoms with Gasteiger partial charge in [-0.1, -0.05) is 17.7 Å². The summed E-state index contributed by atoms with van der Waals surface area (Å²) in [5, 5.41) is 0.399. The number of anilines is 1. The molecular formula is C21H18ClN3O4. The maximum Gasteiger partial charge on any atom is 0.338 e. The summed E-state index contributed by atoms with van der Waals surface area (Å²) < 4.78 is 6.83. The van der Waals surface area contributed by atoms with Crippen LogP contribution in [0.1, 0.15) is 34.6 Å². The van der Waals surface area contributed by atoms with Crippen LogP contribution in [0, 0.1) is 6.92 Å². The van der Waals surface area contributed by atoms with Gasteiger partial charge in [-0.2, -0.15) is 0 Å². The molecule has 3 aromatic rings. The number of nitrogens with zero attached hydrogens (tertiary/aromatic N) is 3. The molecule has 3 heterocycles. The summed E-state index contributed by atoms with van der Waals surface area (Å²) in [7, 11) is 0. The van der Waals surface area contributed by atoms with Crippen LogP contribution >= 0.6 is 11.6 Å². The number of halogens is 1. The molecule has 0 bridgehead atoms. The maximum absolute atomic E-state index is 12.5. The molecule has 0 N–H and O–H groups in total. The van der Waals surface area contributed by atoms with Gasteiger partial charge in [0, 0.05) is 24.7 Å². The number of carbonyl (C=O) groups is 2. The Bertz CT molecular complexity index is 1190. The largest absolute Gasteiger partial charge is 0.456 e. The Balaban J connectivity index is 1.54. The first-order valence-corrected chi connectivity index (χ1v) is 9.57. The van der Waals surface area contributed by atoms with Crippen molar-refractivity contribution in [1.82, 2.24) is 9.38 Å². The molecular weight excluding hydrogens is 394 g/mol. The first kappa shape index (κ1) is 19.1. The Morgan fingerprint density at radius 1 is 1.21 bits per heavy atom. The Hall–Kier alpha value is -3.19. The fourth-order valence-corrected chi connectivity index (χ4v) is 3.63. The number of hydrogen-bond acceptors (Lipinski definition) is 5. The average Bonchev–Trinajstić information content (AvgIpc) is 3.12. The summed E-state index contributed by atoms with van der Waals surface area (Å²) in [6.45, 7) is 2.25. The molecule has 0 atom stereocenters. The topological polar surface area (TPSA) is 81.0 Å². The van der Waals surface area contributed by atoms with Crippen molar-refractivity contribution in [2.24, 2.45) is 0 Å². The van der Waals surface area contributed by atoms with Crippen molar-refractivity contribution in [3.63, 3.8) is 0 Å². The van der Waals surface area contributed by atoms with E-state index < -0.39 is 5.97 Å². The molecule has 7 nitrogen and oxygen atoms in total. The number of aryl methyl sites for hydroxylation is 1. The predicted octanol–water partition coefficient (Wildman–Crippen LogP) is 3.14. The van der Waals surface area contributed by atoms with Crippen LogP contribution in [0.4, 0.5) is 5.69 Å². The number of aromatic nitrogens is 2. The third-order valence-electron chi connectivity index (χ3n) is 4.83. The number of fused-ring (bicyclic) bond motifs is 1. The highest BCUT2D eigenvalue weighted by atomic mass is 35.5. The summed E-state index contributed by atoms with van der Waals surface area (Å²) in [6.07, 6.45) is 1.22. The van der Waals surface area contributed by atoms with Crippen molar-refractivity contribution in [3.05, 3.63) is 74.8 Å². The number of benzene rings is 1. The molecule has 0 aliphatic carbocycles. The molecule has 1 saturated heterocycles.